The van der Waals surface area contributed by atoms with E-state index in [2.05, 4.69) is 15.5 Å². The Labute approximate surface area is 154 Å². The van der Waals surface area contributed by atoms with E-state index in [1.807, 2.05) is 18.2 Å². The second kappa shape index (κ2) is 7.40. The number of benzene rings is 1. The predicted octanol–water partition coefficient (Wildman–Crippen LogP) is 2.68. The zero-order valence-electron chi connectivity index (χ0n) is 13.8. The minimum Gasteiger partial charge on any atom is -0.478 e. The van der Waals surface area contributed by atoms with Crippen LogP contribution in [0.4, 0.5) is 5.69 Å². The van der Waals surface area contributed by atoms with Crippen molar-refractivity contribution in [3.05, 3.63) is 65.2 Å². The van der Waals surface area contributed by atoms with E-state index in [1.165, 1.54) is 17.1 Å². The molecule has 1 aromatic carbocycles. The third-order valence-corrected chi connectivity index (χ3v) is 3.96. The average molecular weight is 374 g/mol. The third kappa shape index (κ3) is 4.09. The molecule has 1 amide bonds. The molecule has 0 saturated carbocycles. The molecule has 0 fully saturated rings. The van der Waals surface area contributed by atoms with Gasteiger partial charge >= 0.3 is 5.97 Å². The summed E-state index contributed by atoms with van der Waals surface area (Å²) in [5.41, 5.74) is 1.61. The van der Waals surface area contributed by atoms with Gasteiger partial charge in [-0.25, -0.2) is 4.79 Å². The topological polar surface area (TPSA) is 102 Å². The predicted molar refractivity (Wildman–Crippen MR) is 95.3 cm³/mol. The number of carbonyl (C=O) groups is 2. The van der Waals surface area contributed by atoms with E-state index >= 15 is 0 Å². The van der Waals surface area contributed by atoms with Gasteiger partial charge < -0.3 is 10.4 Å². The first-order valence-corrected chi connectivity index (χ1v) is 8.15. The number of nitrogens with zero attached hydrogens (tertiary/aromatic N) is 4. The lowest BCUT2D eigenvalue weighted by Crippen LogP contribution is -2.24. The van der Waals surface area contributed by atoms with E-state index in [0.717, 1.165) is 5.56 Å². The van der Waals surface area contributed by atoms with Gasteiger partial charge in [0.1, 0.15) is 6.04 Å². The van der Waals surface area contributed by atoms with Gasteiger partial charge in [-0.1, -0.05) is 23.7 Å². The Morgan fingerprint density at radius 2 is 2.08 bits per heavy atom. The monoisotopic (exact) mass is 373 g/mol. The normalized spacial score (nSPS) is 11.9. The third-order valence-electron chi connectivity index (χ3n) is 3.77. The molecule has 0 saturated heterocycles. The number of rotatable bonds is 6. The average Bonchev–Trinajstić information content (AvgIpc) is 3.24. The van der Waals surface area contributed by atoms with Gasteiger partial charge in [0.2, 0.25) is 5.91 Å². The largest absolute Gasteiger partial charge is 0.478 e. The van der Waals surface area contributed by atoms with Crippen molar-refractivity contribution in [2.45, 2.75) is 19.5 Å². The Hall–Kier alpha value is -3.13. The first kappa shape index (κ1) is 17.7. The molecular formula is C17H16ClN5O3. The van der Waals surface area contributed by atoms with E-state index in [-0.39, 0.29) is 11.5 Å². The Morgan fingerprint density at radius 3 is 2.73 bits per heavy atom. The summed E-state index contributed by atoms with van der Waals surface area (Å²) < 4.78 is 3.01. The Morgan fingerprint density at radius 1 is 1.27 bits per heavy atom. The van der Waals surface area contributed by atoms with Crippen LogP contribution in [-0.4, -0.2) is 36.5 Å². The summed E-state index contributed by atoms with van der Waals surface area (Å²) in [7, 11) is 0. The molecule has 0 aliphatic carbocycles. The zero-order chi connectivity index (χ0) is 18.7. The quantitative estimate of drug-likeness (QED) is 0.691. The summed E-state index contributed by atoms with van der Waals surface area (Å²) in [5.74, 6) is -1.39. The Balaban J connectivity index is 1.68. The van der Waals surface area contributed by atoms with Crippen LogP contribution in [-0.2, 0) is 11.3 Å². The van der Waals surface area contributed by atoms with Crippen molar-refractivity contribution in [3.8, 4) is 0 Å². The van der Waals surface area contributed by atoms with Crippen molar-refractivity contribution < 1.29 is 14.7 Å². The van der Waals surface area contributed by atoms with E-state index in [0.29, 0.717) is 17.3 Å². The van der Waals surface area contributed by atoms with Crippen molar-refractivity contribution in [3.63, 3.8) is 0 Å². The molecule has 2 aromatic heterocycles. The maximum absolute atomic E-state index is 12.4. The number of aromatic carboxylic acids is 1. The highest BCUT2D eigenvalue weighted by Gasteiger charge is 2.18. The van der Waals surface area contributed by atoms with Gasteiger partial charge in [0, 0.05) is 18.1 Å². The molecule has 8 nitrogen and oxygen atoms in total. The number of carbonyl (C=O) groups excluding carboxylic acids is 1. The number of hydrogen-bond donors (Lipinski definition) is 2. The van der Waals surface area contributed by atoms with Crippen LogP contribution < -0.4 is 5.32 Å². The smallest absolute Gasteiger partial charge is 0.338 e. The summed E-state index contributed by atoms with van der Waals surface area (Å²) in [6.07, 6.45) is 5.81. The van der Waals surface area contributed by atoms with Crippen molar-refractivity contribution in [2.75, 3.05) is 5.32 Å². The van der Waals surface area contributed by atoms with Crippen LogP contribution in [0.2, 0.25) is 5.02 Å². The summed E-state index contributed by atoms with van der Waals surface area (Å²) in [6, 6.07) is 6.71. The molecule has 2 heterocycles. The summed E-state index contributed by atoms with van der Waals surface area (Å²) in [4.78, 5) is 23.3. The van der Waals surface area contributed by atoms with E-state index in [9.17, 15) is 9.59 Å². The highest BCUT2D eigenvalue weighted by Crippen LogP contribution is 2.16. The van der Waals surface area contributed by atoms with Crippen molar-refractivity contribution in [1.82, 2.24) is 19.6 Å². The molecule has 0 aliphatic heterocycles. The van der Waals surface area contributed by atoms with Gasteiger partial charge in [0.05, 0.1) is 29.5 Å². The molecule has 0 radical (unpaired) electrons. The molecule has 0 spiro atoms. The zero-order valence-corrected chi connectivity index (χ0v) is 14.6. The van der Waals surface area contributed by atoms with Crippen LogP contribution in [0.1, 0.15) is 28.9 Å². The number of anilines is 1. The number of aromatic nitrogens is 4. The summed E-state index contributed by atoms with van der Waals surface area (Å²) in [5, 5.41) is 20.4. The Kier molecular flexibility index (Phi) is 5.04. The van der Waals surface area contributed by atoms with Crippen LogP contribution in [0.25, 0.3) is 0 Å². The van der Waals surface area contributed by atoms with Gasteiger partial charge in [-0.3, -0.25) is 14.2 Å². The molecule has 1 atom stereocenters. The highest BCUT2D eigenvalue weighted by atomic mass is 35.5. The van der Waals surface area contributed by atoms with Crippen LogP contribution in [0.3, 0.4) is 0 Å². The molecule has 1 unspecified atom stereocenters. The fourth-order valence-electron chi connectivity index (χ4n) is 2.39. The molecule has 2 N–H and O–H groups in total. The SMILES string of the molecule is CC(C(=O)Nc1cccc(Cn2cc(Cl)cn2)c1)n1cc(C(=O)O)cn1. The van der Waals surface area contributed by atoms with Crippen LogP contribution in [0, 0.1) is 0 Å². The lowest BCUT2D eigenvalue weighted by atomic mass is 10.2. The minimum atomic E-state index is -1.09. The van der Waals surface area contributed by atoms with E-state index in [1.54, 1.807) is 30.1 Å². The maximum Gasteiger partial charge on any atom is 0.338 e. The van der Waals surface area contributed by atoms with Crippen molar-refractivity contribution in [2.24, 2.45) is 0 Å². The van der Waals surface area contributed by atoms with E-state index < -0.39 is 12.0 Å². The molecule has 134 valence electrons. The maximum atomic E-state index is 12.4. The fraction of sp³-hybridized carbons (Fsp3) is 0.176. The van der Waals surface area contributed by atoms with Crippen LogP contribution in [0.15, 0.2) is 49.1 Å². The van der Waals surface area contributed by atoms with E-state index in [4.69, 9.17) is 16.7 Å². The van der Waals surface area contributed by atoms with Gasteiger partial charge in [-0.2, -0.15) is 10.2 Å². The molecule has 0 bridgehead atoms. The number of halogens is 1. The molecule has 3 rings (SSSR count). The summed E-state index contributed by atoms with van der Waals surface area (Å²) in [6.45, 7) is 2.16. The lowest BCUT2D eigenvalue weighted by Gasteiger charge is -2.13. The first-order valence-electron chi connectivity index (χ1n) is 7.77. The molecule has 26 heavy (non-hydrogen) atoms. The standard InChI is InChI=1S/C17H16ClN5O3/c1-11(23-9-13(6-20-23)17(25)26)16(24)21-15-4-2-3-12(5-15)8-22-10-14(18)7-19-22/h2-7,9-11H,8H2,1H3,(H,21,24)(H,25,26). The second-order valence-corrected chi connectivity index (χ2v) is 6.17. The van der Waals surface area contributed by atoms with Crippen LogP contribution in [0.5, 0.6) is 0 Å². The fourth-order valence-corrected chi connectivity index (χ4v) is 2.54. The lowest BCUT2D eigenvalue weighted by molar-refractivity contribution is -0.119. The first-order chi connectivity index (χ1) is 12.4. The minimum absolute atomic E-state index is 0.0320. The van der Waals surface area contributed by atoms with Gasteiger partial charge in [0.15, 0.2) is 0 Å². The number of carboxylic acids is 1. The van der Waals surface area contributed by atoms with Crippen molar-refractivity contribution in [1.29, 1.82) is 0 Å². The van der Waals surface area contributed by atoms with Gasteiger partial charge in [-0.15, -0.1) is 0 Å². The molecule has 0 aliphatic rings. The second-order valence-electron chi connectivity index (χ2n) is 5.74. The van der Waals surface area contributed by atoms with Gasteiger partial charge in [-0.05, 0) is 24.6 Å². The van der Waals surface area contributed by atoms with Gasteiger partial charge in [0.25, 0.3) is 0 Å². The molecule has 3 aromatic rings. The number of hydrogen-bond acceptors (Lipinski definition) is 4. The molecular weight excluding hydrogens is 358 g/mol. The van der Waals surface area contributed by atoms with Crippen LogP contribution >= 0.6 is 11.6 Å². The number of amides is 1. The molecule has 9 heteroatoms. The number of nitrogens with one attached hydrogen (secondary N) is 1. The summed E-state index contributed by atoms with van der Waals surface area (Å²) >= 11 is 5.86. The van der Waals surface area contributed by atoms with Crippen molar-refractivity contribution >= 4 is 29.2 Å². The number of carboxylic acid groups (broad SMARTS) is 1. The highest BCUT2D eigenvalue weighted by molar-refractivity contribution is 6.30. The Bertz CT molecular complexity index is 949.